The second-order valence-corrected chi connectivity index (χ2v) is 7.11. The third-order valence-corrected chi connectivity index (χ3v) is 5.04. The van der Waals surface area contributed by atoms with Gasteiger partial charge >= 0.3 is 0 Å². The fourth-order valence-electron chi connectivity index (χ4n) is 3.68. The maximum atomic E-state index is 6.67. The van der Waals surface area contributed by atoms with Crippen molar-refractivity contribution < 1.29 is 0 Å². The van der Waals surface area contributed by atoms with Crippen LogP contribution >= 0.6 is 0 Å². The van der Waals surface area contributed by atoms with Gasteiger partial charge in [0, 0.05) is 38.2 Å². The molecule has 0 saturated carbocycles. The van der Waals surface area contributed by atoms with Gasteiger partial charge in [-0.3, -0.25) is 4.98 Å². The van der Waals surface area contributed by atoms with E-state index in [2.05, 4.69) is 43.3 Å². The summed E-state index contributed by atoms with van der Waals surface area (Å²) in [5, 5.41) is 4.55. The molecule has 0 spiro atoms. The molecule has 4 rings (SSSR count). The van der Waals surface area contributed by atoms with Gasteiger partial charge in [-0.2, -0.15) is 0 Å². The first-order chi connectivity index (χ1) is 12.7. The van der Waals surface area contributed by atoms with Gasteiger partial charge in [0.2, 0.25) is 0 Å². The third-order valence-electron chi connectivity index (χ3n) is 5.04. The number of fused-ring (bicyclic) bond motifs is 1. The Bertz CT molecular complexity index is 876. The Labute approximate surface area is 153 Å². The van der Waals surface area contributed by atoms with E-state index in [1.165, 1.54) is 5.56 Å². The van der Waals surface area contributed by atoms with Crippen LogP contribution in [0.4, 0.5) is 11.5 Å². The molecule has 0 radical (unpaired) electrons. The molecule has 1 saturated heterocycles. The van der Waals surface area contributed by atoms with Crippen molar-refractivity contribution >= 4 is 22.5 Å². The summed E-state index contributed by atoms with van der Waals surface area (Å²) in [5.74, 6) is 0.994. The second-order valence-electron chi connectivity index (χ2n) is 7.11. The first-order valence-electron chi connectivity index (χ1n) is 9.17. The molecule has 26 heavy (non-hydrogen) atoms. The van der Waals surface area contributed by atoms with Gasteiger partial charge in [0.05, 0.1) is 16.6 Å². The van der Waals surface area contributed by atoms with Crippen molar-refractivity contribution in [2.24, 2.45) is 5.73 Å². The fraction of sp³-hybridized carbons (Fsp3) is 0.421. The van der Waals surface area contributed by atoms with Gasteiger partial charge in [0.25, 0.3) is 0 Å². The average molecular weight is 351 g/mol. The number of hydrogen-bond donors (Lipinski definition) is 3. The number of pyridine rings is 1. The molecule has 1 fully saturated rings. The van der Waals surface area contributed by atoms with Crippen LogP contribution in [-0.2, 0) is 6.42 Å². The molecule has 4 heterocycles. The van der Waals surface area contributed by atoms with Crippen LogP contribution < -0.4 is 16.0 Å². The van der Waals surface area contributed by atoms with E-state index in [-0.39, 0.29) is 5.54 Å². The van der Waals surface area contributed by atoms with Crippen molar-refractivity contribution in [1.82, 2.24) is 19.9 Å². The van der Waals surface area contributed by atoms with E-state index in [9.17, 15) is 0 Å². The van der Waals surface area contributed by atoms with E-state index in [1.54, 1.807) is 12.5 Å². The summed E-state index contributed by atoms with van der Waals surface area (Å²) in [6, 6.07) is 3.93. The summed E-state index contributed by atoms with van der Waals surface area (Å²) >= 11 is 0. The smallest absolute Gasteiger partial charge is 0.143 e. The zero-order valence-electron chi connectivity index (χ0n) is 15.1. The lowest BCUT2D eigenvalue weighted by Gasteiger charge is -2.26. The van der Waals surface area contributed by atoms with Gasteiger partial charge in [0.1, 0.15) is 17.8 Å². The predicted molar refractivity (Wildman–Crippen MR) is 104 cm³/mol. The van der Waals surface area contributed by atoms with Crippen molar-refractivity contribution in [3.8, 4) is 0 Å². The highest BCUT2D eigenvalue weighted by Gasteiger charge is 2.36. The van der Waals surface area contributed by atoms with E-state index in [0.29, 0.717) is 6.54 Å². The molecular weight excluding hydrogens is 326 g/mol. The maximum Gasteiger partial charge on any atom is 0.143 e. The number of rotatable bonds is 6. The molecule has 7 nitrogen and oxygen atoms in total. The minimum absolute atomic E-state index is 0.297. The van der Waals surface area contributed by atoms with Crippen LogP contribution in [0.15, 0.2) is 37.1 Å². The lowest BCUT2D eigenvalue weighted by atomic mass is 10.0. The van der Waals surface area contributed by atoms with Gasteiger partial charge in [-0.1, -0.05) is 13.3 Å². The van der Waals surface area contributed by atoms with Gasteiger partial charge in [-0.05, 0) is 30.5 Å². The van der Waals surface area contributed by atoms with Crippen LogP contribution in [0.3, 0.4) is 0 Å². The van der Waals surface area contributed by atoms with Crippen LogP contribution in [0.25, 0.3) is 11.0 Å². The van der Waals surface area contributed by atoms with Crippen molar-refractivity contribution in [3.05, 3.63) is 42.6 Å². The Kier molecular flexibility index (Phi) is 4.46. The van der Waals surface area contributed by atoms with Crippen molar-refractivity contribution in [3.63, 3.8) is 0 Å². The fourth-order valence-corrected chi connectivity index (χ4v) is 3.68. The zero-order chi connectivity index (χ0) is 18.0. The second kappa shape index (κ2) is 6.92. The molecule has 0 unspecified atom stereocenters. The first kappa shape index (κ1) is 16.8. The standard InChI is InChI=1S/C19H25N7/c1-2-4-14-9-22-17-16(14)18(25-13-24-17)26-8-6-19(20,12-26)11-23-15-5-3-7-21-10-15/h3,5,7,9-10,13,23H,2,4,6,8,11-12,20H2,1H3,(H,22,24,25)/t19-/m0/s1. The maximum absolute atomic E-state index is 6.67. The largest absolute Gasteiger partial charge is 0.382 e. The van der Waals surface area contributed by atoms with E-state index in [0.717, 1.165) is 54.9 Å². The minimum atomic E-state index is -0.297. The highest BCUT2D eigenvalue weighted by atomic mass is 15.2. The van der Waals surface area contributed by atoms with E-state index < -0.39 is 0 Å². The molecule has 0 bridgehead atoms. The topological polar surface area (TPSA) is 95.8 Å². The quantitative estimate of drug-likeness (QED) is 0.631. The van der Waals surface area contributed by atoms with Gasteiger partial charge in [-0.25, -0.2) is 9.97 Å². The summed E-state index contributed by atoms with van der Waals surface area (Å²) in [4.78, 5) is 18.7. The number of nitrogens with zero attached hydrogens (tertiary/aromatic N) is 4. The molecule has 7 heteroatoms. The number of hydrogen-bond acceptors (Lipinski definition) is 6. The Morgan fingerprint density at radius 2 is 2.31 bits per heavy atom. The van der Waals surface area contributed by atoms with Gasteiger partial charge in [-0.15, -0.1) is 0 Å². The molecule has 3 aromatic rings. The Hall–Kier alpha value is -2.67. The number of aryl methyl sites for hydroxylation is 1. The number of anilines is 2. The van der Waals surface area contributed by atoms with Crippen LogP contribution in [0.1, 0.15) is 25.3 Å². The normalized spacial score (nSPS) is 20.0. The highest BCUT2D eigenvalue weighted by molar-refractivity contribution is 5.91. The number of aromatic amines is 1. The van der Waals surface area contributed by atoms with Crippen molar-refractivity contribution in [2.45, 2.75) is 31.7 Å². The summed E-state index contributed by atoms with van der Waals surface area (Å²) in [6.45, 7) is 4.56. The van der Waals surface area contributed by atoms with E-state index >= 15 is 0 Å². The molecule has 1 atom stereocenters. The zero-order valence-corrected chi connectivity index (χ0v) is 15.1. The van der Waals surface area contributed by atoms with Crippen molar-refractivity contribution in [1.29, 1.82) is 0 Å². The van der Waals surface area contributed by atoms with Crippen molar-refractivity contribution in [2.75, 3.05) is 29.9 Å². The van der Waals surface area contributed by atoms with E-state index in [4.69, 9.17) is 5.73 Å². The molecule has 136 valence electrons. The van der Waals surface area contributed by atoms with Crippen LogP contribution in [0.2, 0.25) is 0 Å². The molecule has 0 aromatic carbocycles. The molecule has 0 amide bonds. The summed E-state index contributed by atoms with van der Waals surface area (Å²) < 4.78 is 0. The lowest BCUT2D eigenvalue weighted by Crippen LogP contribution is -2.48. The number of nitrogens with two attached hydrogens (primary N) is 1. The summed E-state index contributed by atoms with van der Waals surface area (Å²) in [7, 11) is 0. The number of nitrogens with one attached hydrogen (secondary N) is 2. The van der Waals surface area contributed by atoms with E-state index in [1.807, 2.05) is 18.3 Å². The number of aromatic nitrogens is 4. The molecular formula is C19H25N7. The summed E-state index contributed by atoms with van der Waals surface area (Å²) in [6.07, 6.45) is 10.3. The molecule has 3 aromatic heterocycles. The highest BCUT2D eigenvalue weighted by Crippen LogP contribution is 2.31. The number of H-pyrrole nitrogens is 1. The molecule has 1 aliphatic rings. The molecule has 0 aliphatic carbocycles. The Morgan fingerprint density at radius 3 is 3.12 bits per heavy atom. The van der Waals surface area contributed by atoms with Crippen LogP contribution in [0.5, 0.6) is 0 Å². The van der Waals surface area contributed by atoms with Crippen LogP contribution in [0, 0.1) is 0 Å². The first-order valence-corrected chi connectivity index (χ1v) is 9.17. The van der Waals surface area contributed by atoms with Gasteiger partial charge in [0.15, 0.2) is 0 Å². The lowest BCUT2D eigenvalue weighted by molar-refractivity contribution is 0.499. The van der Waals surface area contributed by atoms with Gasteiger partial charge < -0.3 is 20.9 Å². The Balaban J connectivity index is 1.53. The average Bonchev–Trinajstić information content (AvgIpc) is 3.26. The predicted octanol–water partition coefficient (Wildman–Crippen LogP) is 2.33. The Morgan fingerprint density at radius 1 is 1.38 bits per heavy atom. The third kappa shape index (κ3) is 3.22. The van der Waals surface area contributed by atoms with Crippen LogP contribution in [-0.4, -0.2) is 45.1 Å². The summed E-state index contributed by atoms with van der Waals surface area (Å²) in [5.41, 5.74) is 9.56. The SMILES string of the molecule is CCCc1c[nH]c2ncnc(N3CC[C@](N)(CNc4cccnc4)C3)c12. The minimum Gasteiger partial charge on any atom is -0.382 e. The monoisotopic (exact) mass is 351 g/mol. The molecule has 4 N–H and O–H groups in total. The molecule has 1 aliphatic heterocycles.